The monoisotopic (exact) mass is 539 g/mol. The second-order valence-corrected chi connectivity index (χ2v) is 9.07. The van der Waals surface area contributed by atoms with Crippen LogP contribution in [-0.4, -0.2) is 22.4 Å². The zero-order chi connectivity index (χ0) is 23.8. The molecule has 0 fully saturated rings. The standard InChI is InChI=1S/C25H19BrClN3O4/c1-33-22-10-8-17(27)13-20(22)28-23(31)14-29-25-19(12-15-11-16(26)7-9-21(15)34-25)24(32)30(29)18-5-3-2-4-6-18/h2-11,13H,12,14H2,1H3,(H,28,31). The van der Waals surface area contributed by atoms with Gasteiger partial charge in [0.15, 0.2) is 0 Å². The van der Waals surface area contributed by atoms with Crippen molar-refractivity contribution in [3.05, 3.63) is 97.7 Å². The Labute approximate surface area is 208 Å². The molecule has 34 heavy (non-hydrogen) atoms. The van der Waals surface area contributed by atoms with Gasteiger partial charge in [-0.1, -0.05) is 45.7 Å². The van der Waals surface area contributed by atoms with E-state index in [0.717, 1.165) is 10.0 Å². The number of fused-ring (bicyclic) bond motifs is 2. The summed E-state index contributed by atoms with van der Waals surface area (Å²) in [5, 5.41) is 3.29. The number of benzene rings is 3. The van der Waals surface area contributed by atoms with Gasteiger partial charge in [0.05, 0.1) is 24.0 Å². The summed E-state index contributed by atoms with van der Waals surface area (Å²) in [4.78, 5) is 26.6. The molecule has 1 aromatic heterocycles. The maximum absolute atomic E-state index is 13.5. The van der Waals surface area contributed by atoms with Crippen molar-refractivity contribution in [1.29, 1.82) is 0 Å². The van der Waals surface area contributed by atoms with Gasteiger partial charge in [0.2, 0.25) is 11.8 Å². The van der Waals surface area contributed by atoms with E-state index >= 15 is 0 Å². The second kappa shape index (κ2) is 9.04. The molecule has 1 aliphatic heterocycles. The molecule has 4 aromatic rings. The number of hydrogen-bond donors (Lipinski definition) is 1. The highest BCUT2D eigenvalue weighted by atomic mass is 79.9. The Bertz CT molecular complexity index is 1460. The number of halogens is 2. The summed E-state index contributed by atoms with van der Waals surface area (Å²) in [5.41, 5.74) is 2.21. The van der Waals surface area contributed by atoms with E-state index in [4.69, 9.17) is 21.1 Å². The van der Waals surface area contributed by atoms with Crippen molar-refractivity contribution >= 4 is 39.1 Å². The van der Waals surface area contributed by atoms with Crippen LogP contribution in [0.3, 0.4) is 0 Å². The molecule has 0 radical (unpaired) electrons. The summed E-state index contributed by atoms with van der Waals surface area (Å²) < 4.78 is 15.4. The van der Waals surface area contributed by atoms with Crippen molar-refractivity contribution < 1.29 is 14.3 Å². The van der Waals surface area contributed by atoms with Gasteiger partial charge in [0.1, 0.15) is 18.0 Å². The zero-order valence-corrected chi connectivity index (χ0v) is 20.4. The molecule has 7 nitrogen and oxygen atoms in total. The van der Waals surface area contributed by atoms with Gasteiger partial charge < -0.3 is 14.8 Å². The van der Waals surface area contributed by atoms with Crippen molar-refractivity contribution in [2.75, 3.05) is 12.4 Å². The zero-order valence-electron chi connectivity index (χ0n) is 18.0. The normalized spacial score (nSPS) is 11.9. The van der Waals surface area contributed by atoms with Gasteiger partial charge in [-0.05, 0) is 48.5 Å². The number of carbonyl (C=O) groups excluding carboxylic acids is 1. The topological polar surface area (TPSA) is 74.5 Å². The Morgan fingerprint density at radius 2 is 1.94 bits per heavy atom. The second-order valence-electron chi connectivity index (χ2n) is 7.72. The van der Waals surface area contributed by atoms with E-state index in [9.17, 15) is 9.59 Å². The molecule has 172 valence electrons. The third-order valence-corrected chi connectivity index (χ3v) is 6.24. The first-order valence-electron chi connectivity index (χ1n) is 10.4. The Balaban J connectivity index is 1.57. The summed E-state index contributed by atoms with van der Waals surface area (Å²) in [6.07, 6.45) is 0.395. The van der Waals surface area contributed by atoms with Crippen LogP contribution in [0.5, 0.6) is 17.4 Å². The van der Waals surface area contributed by atoms with Crippen molar-refractivity contribution in [3.8, 4) is 23.1 Å². The predicted octanol–water partition coefficient (Wildman–Crippen LogP) is 5.40. The Kier molecular flexibility index (Phi) is 5.93. The van der Waals surface area contributed by atoms with E-state index in [-0.39, 0.29) is 18.0 Å². The molecular formula is C25H19BrClN3O4. The first-order valence-corrected chi connectivity index (χ1v) is 11.6. The Morgan fingerprint density at radius 1 is 1.15 bits per heavy atom. The highest BCUT2D eigenvalue weighted by molar-refractivity contribution is 9.10. The van der Waals surface area contributed by atoms with Gasteiger partial charge in [-0.3, -0.25) is 9.59 Å². The number of carbonyl (C=O) groups is 1. The molecule has 0 spiro atoms. The van der Waals surface area contributed by atoms with E-state index < -0.39 is 0 Å². The number of aromatic nitrogens is 2. The number of para-hydroxylation sites is 1. The molecule has 5 rings (SSSR count). The third-order valence-electron chi connectivity index (χ3n) is 5.51. The number of amides is 1. The third kappa shape index (κ3) is 4.10. The predicted molar refractivity (Wildman–Crippen MR) is 134 cm³/mol. The van der Waals surface area contributed by atoms with Crippen LogP contribution >= 0.6 is 27.5 Å². The number of rotatable bonds is 5. The molecule has 0 saturated carbocycles. The molecule has 0 aliphatic carbocycles. The minimum absolute atomic E-state index is 0.166. The van der Waals surface area contributed by atoms with E-state index in [2.05, 4.69) is 21.2 Å². The minimum Gasteiger partial charge on any atom is -0.495 e. The number of nitrogens with one attached hydrogen (secondary N) is 1. The average Bonchev–Trinajstić information content (AvgIpc) is 3.08. The lowest BCUT2D eigenvalue weighted by Crippen LogP contribution is -2.27. The maximum Gasteiger partial charge on any atom is 0.278 e. The minimum atomic E-state index is -0.367. The first kappa shape index (κ1) is 22.3. The molecule has 0 bridgehead atoms. The first-order chi connectivity index (χ1) is 16.4. The quantitative estimate of drug-likeness (QED) is 0.324. The van der Waals surface area contributed by atoms with Crippen molar-refractivity contribution in [3.63, 3.8) is 0 Å². The van der Waals surface area contributed by atoms with E-state index in [1.54, 1.807) is 22.9 Å². The van der Waals surface area contributed by atoms with Crippen LogP contribution < -0.4 is 20.3 Å². The van der Waals surface area contributed by atoms with Gasteiger partial charge in [0, 0.05) is 21.5 Å². The number of hydrogen-bond acceptors (Lipinski definition) is 4. The van der Waals surface area contributed by atoms with Crippen molar-refractivity contribution in [2.45, 2.75) is 13.0 Å². The molecule has 1 N–H and O–H groups in total. The van der Waals surface area contributed by atoms with Gasteiger partial charge in [-0.25, -0.2) is 9.36 Å². The fourth-order valence-electron chi connectivity index (χ4n) is 3.99. The lowest BCUT2D eigenvalue weighted by molar-refractivity contribution is -0.117. The van der Waals surface area contributed by atoms with E-state index in [1.165, 1.54) is 11.8 Å². The van der Waals surface area contributed by atoms with Crippen LogP contribution in [0.4, 0.5) is 5.69 Å². The fraction of sp³-hybridized carbons (Fsp3) is 0.120. The highest BCUT2D eigenvalue weighted by Crippen LogP contribution is 2.37. The molecule has 0 saturated heterocycles. The number of anilines is 1. The van der Waals surface area contributed by atoms with Crippen LogP contribution in [-0.2, 0) is 17.8 Å². The summed E-state index contributed by atoms with van der Waals surface area (Å²) in [7, 11) is 1.51. The molecule has 9 heteroatoms. The van der Waals surface area contributed by atoms with Gasteiger partial charge in [0.25, 0.3) is 5.56 Å². The van der Waals surface area contributed by atoms with Gasteiger partial charge >= 0.3 is 0 Å². The number of nitrogens with zero attached hydrogens (tertiary/aromatic N) is 2. The maximum atomic E-state index is 13.5. The van der Waals surface area contributed by atoms with Crippen LogP contribution in [0, 0.1) is 0 Å². The molecule has 3 aromatic carbocycles. The smallest absolute Gasteiger partial charge is 0.278 e. The van der Waals surface area contributed by atoms with Crippen LogP contribution in [0.25, 0.3) is 5.69 Å². The molecule has 0 atom stereocenters. The summed E-state index contributed by atoms with van der Waals surface area (Å²) in [6, 6.07) is 19.8. The van der Waals surface area contributed by atoms with E-state index in [1.807, 2.05) is 48.5 Å². The summed E-state index contributed by atoms with van der Waals surface area (Å²) >= 11 is 9.57. The molecule has 2 heterocycles. The molecule has 0 unspecified atom stereocenters. The lowest BCUT2D eigenvalue weighted by atomic mass is 10.0. The summed E-state index contributed by atoms with van der Waals surface area (Å²) in [5.74, 6) is 1.10. The number of methoxy groups -OCH3 is 1. The molecule has 1 amide bonds. The van der Waals surface area contributed by atoms with E-state index in [0.29, 0.717) is 45.8 Å². The van der Waals surface area contributed by atoms with Gasteiger partial charge in [-0.15, -0.1) is 0 Å². The Morgan fingerprint density at radius 3 is 2.71 bits per heavy atom. The highest BCUT2D eigenvalue weighted by Gasteiger charge is 2.29. The summed E-state index contributed by atoms with van der Waals surface area (Å²) in [6.45, 7) is -0.166. The fourth-order valence-corrected chi connectivity index (χ4v) is 4.57. The molecular weight excluding hydrogens is 522 g/mol. The lowest BCUT2D eigenvalue weighted by Gasteiger charge is -2.20. The van der Waals surface area contributed by atoms with Crippen LogP contribution in [0.15, 0.2) is 76.0 Å². The SMILES string of the molecule is COc1ccc(Cl)cc1NC(=O)Cn1c2c(c(=O)n1-c1ccccc1)Cc1cc(Br)ccc1O2. The van der Waals surface area contributed by atoms with Gasteiger partial charge in [-0.2, -0.15) is 0 Å². The number of ether oxygens (including phenoxy) is 2. The Hall–Kier alpha value is -3.49. The van der Waals surface area contributed by atoms with Crippen molar-refractivity contribution in [1.82, 2.24) is 9.36 Å². The van der Waals surface area contributed by atoms with Crippen LogP contribution in [0.1, 0.15) is 11.1 Å². The van der Waals surface area contributed by atoms with Crippen molar-refractivity contribution in [2.24, 2.45) is 0 Å². The van der Waals surface area contributed by atoms with Crippen LogP contribution in [0.2, 0.25) is 5.02 Å². The largest absolute Gasteiger partial charge is 0.495 e. The molecule has 1 aliphatic rings. The average molecular weight is 541 g/mol.